The zero-order chi connectivity index (χ0) is 18.5. The fraction of sp³-hybridized carbons (Fsp3) is 1.00. The molecule has 0 amide bonds. The van der Waals surface area contributed by atoms with Crippen LogP contribution in [0.1, 0.15) is 90.9 Å². The van der Waals surface area contributed by atoms with E-state index in [9.17, 15) is 0 Å². The van der Waals surface area contributed by atoms with E-state index in [4.69, 9.17) is 0 Å². The van der Waals surface area contributed by atoms with Crippen molar-refractivity contribution in [3.05, 3.63) is 0 Å². The first kappa shape index (κ1) is 15.7. The molecule has 2 heteroatoms. The molecule has 1 spiro atoms. The number of hydrogen-bond donors (Lipinski definition) is 0. The molecule has 10 saturated heterocycles. The van der Waals surface area contributed by atoms with Crippen molar-refractivity contribution in [3.8, 4) is 0 Å². The quantitative estimate of drug-likeness (QED) is 0.134. The number of fused-ring (bicyclic) bond motifs is 10. The van der Waals surface area contributed by atoms with Crippen LogP contribution in [0.3, 0.4) is 0 Å². The van der Waals surface area contributed by atoms with E-state index in [1.54, 1.807) is 94.8 Å². The van der Waals surface area contributed by atoms with Gasteiger partial charge in [0.05, 0.1) is 0 Å². The Kier molecular flexibility index (Phi) is 1.23. The van der Waals surface area contributed by atoms with Gasteiger partial charge in [0.25, 0.3) is 0 Å². The Morgan fingerprint density at radius 2 is 0.929 bits per heavy atom. The molecule has 0 nitrogen and oxygen atoms in total. The van der Waals surface area contributed by atoms with Crippen LogP contribution in [-0.4, -0.2) is 16.4 Å². The van der Waals surface area contributed by atoms with Crippen molar-refractivity contribution in [1.29, 1.82) is 0 Å². The summed E-state index contributed by atoms with van der Waals surface area (Å²) in [5.74, 6) is 0. The minimum absolute atomic E-state index is 0.467. The van der Waals surface area contributed by atoms with Gasteiger partial charge < -0.3 is 0 Å². The first-order chi connectivity index (χ1) is 13.6. The van der Waals surface area contributed by atoms with E-state index >= 15 is 0 Å². The normalized spacial score (nSPS) is 77.3. The van der Waals surface area contributed by atoms with E-state index in [0.717, 1.165) is 0 Å². The monoisotopic (exact) mass is 444 g/mol. The third kappa shape index (κ3) is 0.325. The van der Waals surface area contributed by atoms with Gasteiger partial charge >= 0.3 is 165 Å². The molecule has 0 aromatic carbocycles. The standard InChI is InChI=1S/C21H38P.C5H5.Ni/c1-3-5-7-9-11-15-19-22(21-17-13-14-18-21)20-16-12-10-8-6-4-2;1-2-4-5-3-1;/h13-14,17-18H,3-12,15-16,19-20H2,1-2H3;1-5H;. The fourth-order valence-corrected chi connectivity index (χ4v) is 96.5. The zero-order valence-electron chi connectivity index (χ0n) is 18.4. The molecule has 0 saturated carbocycles. The van der Waals surface area contributed by atoms with Crippen molar-refractivity contribution < 1.29 is 6.23 Å². The van der Waals surface area contributed by atoms with Gasteiger partial charge in [-0.3, -0.25) is 0 Å². The minimum atomic E-state index is -2.63. The molecule has 162 valence electrons. The summed E-state index contributed by atoms with van der Waals surface area (Å²) < 4.78 is 1.25. The molecule has 28 heavy (non-hydrogen) atoms. The zero-order valence-corrected chi connectivity index (χ0v) is 20.2. The third-order valence-corrected chi connectivity index (χ3v) is 62.2. The van der Waals surface area contributed by atoms with E-state index < -0.39 is 6.23 Å². The Bertz CT molecular complexity index is 1010. The van der Waals surface area contributed by atoms with Crippen LogP contribution in [0, 0.1) is 0 Å². The van der Waals surface area contributed by atoms with Gasteiger partial charge in [-0.05, 0) is 0 Å². The first-order valence-electron chi connectivity index (χ1n) is 13.3. The molecule has 10 aliphatic heterocycles. The topological polar surface area (TPSA) is 0 Å². The maximum absolute atomic E-state index is 2.63. The molecule has 0 bridgehead atoms. The van der Waals surface area contributed by atoms with Gasteiger partial charge in [-0.15, -0.1) is 0 Å². The Morgan fingerprint density at radius 3 is 1.25 bits per heavy atom. The van der Waals surface area contributed by atoms with Crippen LogP contribution in [0.2, 0.25) is 44.0 Å². The van der Waals surface area contributed by atoms with Crippen molar-refractivity contribution in [2.45, 2.75) is 139 Å². The number of hydrogen-bond acceptors (Lipinski definition) is 0. The van der Waals surface area contributed by atoms with Crippen LogP contribution >= 0.6 is 7.92 Å². The summed E-state index contributed by atoms with van der Waals surface area (Å²) >= 11 is 0. The predicted molar refractivity (Wildman–Crippen MR) is 120 cm³/mol. The summed E-state index contributed by atoms with van der Waals surface area (Å²) in [6.07, 6.45) is 19.3. The molecule has 10 heterocycles. The second-order valence-electron chi connectivity index (χ2n) is 14.4. The maximum atomic E-state index is 2.36. The van der Waals surface area contributed by atoms with E-state index in [1.165, 1.54) is 42.7 Å². The summed E-state index contributed by atoms with van der Waals surface area (Å²) in [7, 11) is 0.467. The van der Waals surface area contributed by atoms with Crippen LogP contribution < -0.4 is 0 Å². The van der Waals surface area contributed by atoms with Crippen molar-refractivity contribution in [1.82, 2.24) is 0 Å². The fourth-order valence-electron chi connectivity index (χ4n) is 17.7. The van der Waals surface area contributed by atoms with Crippen molar-refractivity contribution in [2.24, 2.45) is 0 Å². The second kappa shape index (κ2) is 2.20. The molecule has 0 N–H and O–H groups in total. The summed E-state index contributed by atoms with van der Waals surface area (Å²) in [6, 6.07) is 0. The van der Waals surface area contributed by atoms with Crippen LogP contribution in [0.25, 0.3) is 0 Å². The van der Waals surface area contributed by atoms with Crippen LogP contribution in [0.15, 0.2) is 0 Å². The average Bonchev–Trinajstić information content (AvgIpc) is 3.64. The molecule has 10 aliphatic rings. The Morgan fingerprint density at radius 1 is 0.536 bits per heavy atom. The molecule has 10 fully saturated rings. The summed E-state index contributed by atoms with van der Waals surface area (Å²) in [4.78, 5) is 14.0. The molecule has 0 aromatic heterocycles. The van der Waals surface area contributed by atoms with Gasteiger partial charge in [0.1, 0.15) is 0 Å². The van der Waals surface area contributed by atoms with Crippen LogP contribution in [0.5, 0.6) is 0 Å². The molecule has 0 aromatic rings. The van der Waals surface area contributed by atoms with Crippen LogP contribution in [-0.2, 0) is 6.23 Å². The van der Waals surface area contributed by atoms with Crippen molar-refractivity contribution in [2.75, 3.05) is 12.3 Å². The molecule has 4 unspecified atom stereocenters. The first-order valence-corrected chi connectivity index (χ1v) is 20.7. The Hall–Kier alpha value is 0.924. The van der Waals surface area contributed by atoms with Gasteiger partial charge in [0.15, 0.2) is 0 Å². The van der Waals surface area contributed by atoms with Gasteiger partial charge in [-0.25, -0.2) is 0 Å². The second-order valence-corrected chi connectivity index (χ2v) is 38.5. The molecule has 0 aliphatic carbocycles. The average molecular weight is 445 g/mol. The van der Waals surface area contributed by atoms with E-state index in [-0.39, 0.29) is 0 Å². The number of rotatable bonds is 15. The van der Waals surface area contributed by atoms with Gasteiger partial charge in [-0.1, -0.05) is 0 Å². The summed E-state index contributed by atoms with van der Waals surface area (Å²) in [5.41, 5.74) is 0. The predicted octanol–water partition coefficient (Wildman–Crippen LogP) is 9.49. The van der Waals surface area contributed by atoms with Crippen molar-refractivity contribution in [3.63, 3.8) is 0 Å². The molecule has 10 rings (SSSR count). The summed E-state index contributed by atoms with van der Waals surface area (Å²) in [6.45, 7) is 4.72. The SMILES string of the molecule is CCCCCCCCP(CCCCCCCC)[C]12[CH]3[CH]4[CH]5[CH]1[Ni]45321678[CH]2[CH]1[CH]6[CH]7[CH]28. The van der Waals surface area contributed by atoms with Gasteiger partial charge in [-0.2, -0.15) is 0 Å². The van der Waals surface area contributed by atoms with E-state index in [0.29, 0.717) is 7.92 Å². The Labute approximate surface area is 165 Å². The molecular formula is C26H43NiP. The van der Waals surface area contributed by atoms with E-state index in [1.807, 2.05) is 0 Å². The number of unbranched alkanes of at least 4 members (excludes halogenated alkanes) is 10. The van der Waals surface area contributed by atoms with Gasteiger partial charge in [0, 0.05) is 0 Å². The van der Waals surface area contributed by atoms with Crippen molar-refractivity contribution >= 4 is 7.92 Å². The van der Waals surface area contributed by atoms with Crippen LogP contribution in [0.4, 0.5) is 0 Å². The third-order valence-electron chi connectivity index (χ3n) is 17.2. The summed E-state index contributed by atoms with van der Waals surface area (Å²) in [5, 5.41) is 0. The molecular weight excluding hydrogens is 402 g/mol. The Balaban J connectivity index is 0.908. The van der Waals surface area contributed by atoms with E-state index in [2.05, 4.69) is 13.8 Å². The molecule has 0 radical (unpaired) electrons. The molecule has 4 atom stereocenters. The van der Waals surface area contributed by atoms with Gasteiger partial charge in [0.2, 0.25) is 0 Å².